The average Bonchev–Trinajstić information content (AvgIpc) is 3.16. The van der Waals surface area contributed by atoms with Crippen LogP contribution in [0.1, 0.15) is 16.7 Å². The van der Waals surface area contributed by atoms with E-state index in [1.54, 1.807) is 16.7 Å². The van der Waals surface area contributed by atoms with Gasteiger partial charge in [0.1, 0.15) is 18.8 Å². The average molecular weight is 418 g/mol. The van der Waals surface area contributed by atoms with E-state index < -0.39 is 6.10 Å². The Morgan fingerprint density at radius 3 is 2.33 bits per heavy atom. The Hall–Kier alpha value is -3.44. The third-order valence-electron chi connectivity index (χ3n) is 5.34. The number of imide groups is 1. The molecule has 2 heterocycles. The number of benzene rings is 3. The molecule has 1 atom stereocenters. The van der Waals surface area contributed by atoms with Crippen LogP contribution in [0.2, 0.25) is 5.02 Å². The summed E-state index contributed by atoms with van der Waals surface area (Å²) < 4.78 is 7.63. The van der Waals surface area contributed by atoms with Crippen molar-refractivity contribution in [2.45, 2.75) is 19.2 Å². The highest BCUT2D eigenvalue weighted by atomic mass is 35.5. The lowest BCUT2D eigenvalue weighted by atomic mass is 10.0. The highest BCUT2D eigenvalue weighted by Crippen LogP contribution is 2.33. The monoisotopic (exact) mass is 417 g/mol. The molecule has 6 heteroatoms. The Kier molecular flexibility index (Phi) is 4.60. The van der Waals surface area contributed by atoms with Crippen molar-refractivity contribution in [2.75, 3.05) is 0 Å². The van der Waals surface area contributed by atoms with Gasteiger partial charge < -0.3 is 4.74 Å². The molecule has 30 heavy (non-hydrogen) atoms. The largest absolute Gasteiger partial charge is 0.501 e. The number of para-hydroxylation sites is 1. The summed E-state index contributed by atoms with van der Waals surface area (Å²) in [5, 5.41) is 0.629. The van der Waals surface area contributed by atoms with Gasteiger partial charge in [-0.2, -0.15) is 14.3 Å². The number of fused-ring (bicyclic) bond motifs is 3. The molecule has 3 aromatic carbocycles. The first-order valence-electron chi connectivity index (χ1n) is 9.66. The molecule has 0 radical (unpaired) electrons. The van der Waals surface area contributed by atoms with Crippen LogP contribution in [0.15, 0.2) is 78.9 Å². The van der Waals surface area contributed by atoms with Crippen LogP contribution in [0, 0.1) is 0 Å². The summed E-state index contributed by atoms with van der Waals surface area (Å²) in [7, 11) is 0. The van der Waals surface area contributed by atoms with Gasteiger partial charge in [-0.1, -0.05) is 66.2 Å². The zero-order valence-electron chi connectivity index (χ0n) is 16.0. The Morgan fingerprint density at radius 2 is 1.57 bits per heavy atom. The SMILES string of the molecule is O=C1C2Oc3ccccc3C2=[N+](Cc2ccc(Cl)cc2)C(=O)N1Cc1ccccc1. The van der Waals surface area contributed by atoms with Crippen molar-refractivity contribution in [1.82, 2.24) is 4.90 Å². The molecule has 0 spiro atoms. The fourth-order valence-electron chi connectivity index (χ4n) is 3.88. The molecule has 0 bridgehead atoms. The normalized spacial score (nSPS) is 17.6. The van der Waals surface area contributed by atoms with Crippen LogP contribution in [-0.4, -0.2) is 33.2 Å². The van der Waals surface area contributed by atoms with E-state index in [0.717, 1.165) is 16.7 Å². The molecule has 2 aliphatic heterocycles. The summed E-state index contributed by atoms with van der Waals surface area (Å²) in [5.74, 6) is 0.267. The highest BCUT2D eigenvalue weighted by Gasteiger charge is 2.53. The molecular weight excluding hydrogens is 400 g/mol. The number of amides is 3. The van der Waals surface area contributed by atoms with Crippen LogP contribution in [0.4, 0.5) is 4.79 Å². The number of carbonyl (C=O) groups excluding carboxylic acids is 2. The first-order valence-corrected chi connectivity index (χ1v) is 10.0. The van der Waals surface area contributed by atoms with Gasteiger partial charge in [0.25, 0.3) is 6.10 Å². The van der Waals surface area contributed by atoms with Gasteiger partial charge in [0, 0.05) is 5.02 Å². The van der Waals surface area contributed by atoms with Crippen LogP contribution in [0.3, 0.4) is 0 Å². The number of carbonyl (C=O) groups is 2. The third kappa shape index (κ3) is 3.17. The van der Waals surface area contributed by atoms with Crippen LogP contribution in [-0.2, 0) is 17.9 Å². The van der Waals surface area contributed by atoms with Gasteiger partial charge in [-0.25, -0.2) is 4.79 Å². The van der Waals surface area contributed by atoms with E-state index in [4.69, 9.17) is 16.3 Å². The summed E-state index contributed by atoms with van der Waals surface area (Å²) in [5.41, 5.74) is 3.17. The molecule has 2 aliphatic rings. The topological polar surface area (TPSA) is 49.6 Å². The number of hydrogen-bond donors (Lipinski definition) is 0. The molecule has 0 saturated carbocycles. The molecule has 0 saturated heterocycles. The van der Waals surface area contributed by atoms with Crippen molar-refractivity contribution in [1.29, 1.82) is 0 Å². The second-order valence-electron chi connectivity index (χ2n) is 7.28. The minimum absolute atomic E-state index is 0.194. The van der Waals surface area contributed by atoms with Crippen molar-refractivity contribution in [3.8, 4) is 5.75 Å². The molecule has 0 aromatic heterocycles. The van der Waals surface area contributed by atoms with Crippen LogP contribution in [0.25, 0.3) is 0 Å². The van der Waals surface area contributed by atoms with E-state index >= 15 is 0 Å². The van der Waals surface area contributed by atoms with Gasteiger partial charge in [-0.15, -0.1) is 0 Å². The van der Waals surface area contributed by atoms with E-state index in [-0.39, 0.29) is 18.5 Å². The van der Waals surface area contributed by atoms with E-state index in [2.05, 4.69) is 0 Å². The lowest BCUT2D eigenvalue weighted by Gasteiger charge is -2.24. The van der Waals surface area contributed by atoms with Crippen molar-refractivity contribution in [2.24, 2.45) is 0 Å². The smallest absolute Gasteiger partial charge is 0.469 e. The number of rotatable bonds is 4. The van der Waals surface area contributed by atoms with Crippen LogP contribution >= 0.6 is 11.6 Å². The second kappa shape index (κ2) is 7.43. The molecule has 148 valence electrons. The van der Waals surface area contributed by atoms with Gasteiger partial charge in [-0.05, 0) is 35.4 Å². The van der Waals surface area contributed by atoms with Crippen LogP contribution < -0.4 is 4.74 Å². The quantitative estimate of drug-likeness (QED) is 0.596. The molecule has 0 fully saturated rings. The first kappa shape index (κ1) is 18.6. The van der Waals surface area contributed by atoms with Crippen LogP contribution in [0.5, 0.6) is 5.75 Å². The fraction of sp³-hybridized carbons (Fsp3) is 0.125. The molecule has 0 N–H and O–H groups in total. The lowest BCUT2D eigenvalue weighted by Crippen LogP contribution is -2.57. The summed E-state index contributed by atoms with van der Waals surface area (Å²) >= 11 is 6.01. The molecule has 3 amide bonds. The number of nitrogens with zero attached hydrogens (tertiary/aromatic N) is 2. The maximum Gasteiger partial charge on any atom is 0.501 e. The van der Waals surface area contributed by atoms with Gasteiger partial charge >= 0.3 is 11.9 Å². The standard InChI is InChI=1S/C24H18ClN2O3/c25-18-12-10-17(11-13-18)14-26-21-19-8-4-5-9-20(19)30-22(21)23(28)27(24(26)29)15-16-6-2-1-3-7-16/h1-13,22H,14-15H2/q+1. The summed E-state index contributed by atoms with van der Waals surface area (Å²) in [6, 6.07) is 23.9. The molecule has 5 nitrogen and oxygen atoms in total. The molecule has 1 unspecified atom stereocenters. The Bertz CT molecular complexity index is 1170. The minimum atomic E-state index is -0.837. The fourth-order valence-corrected chi connectivity index (χ4v) is 4.01. The Balaban J connectivity index is 1.60. The number of hydrogen-bond acceptors (Lipinski definition) is 3. The van der Waals surface area contributed by atoms with Gasteiger partial charge in [-0.3, -0.25) is 0 Å². The van der Waals surface area contributed by atoms with Crippen molar-refractivity contribution in [3.05, 3.63) is 101 Å². The molecule has 0 aliphatic carbocycles. The Labute approximate surface area is 178 Å². The maximum absolute atomic E-state index is 13.5. The number of urea groups is 1. The zero-order chi connectivity index (χ0) is 20.7. The Morgan fingerprint density at radius 1 is 0.867 bits per heavy atom. The highest BCUT2D eigenvalue weighted by molar-refractivity contribution is 6.30. The van der Waals surface area contributed by atoms with Gasteiger partial charge in [0.15, 0.2) is 5.71 Å². The van der Waals surface area contributed by atoms with E-state index in [1.165, 1.54) is 4.90 Å². The predicted molar refractivity (Wildman–Crippen MR) is 113 cm³/mol. The van der Waals surface area contributed by atoms with Gasteiger partial charge in [0.05, 0.1) is 5.56 Å². The molecule has 3 aromatic rings. The first-order chi connectivity index (χ1) is 14.6. The number of ether oxygens (including phenoxy) is 1. The van der Waals surface area contributed by atoms with Gasteiger partial charge in [0.2, 0.25) is 0 Å². The second-order valence-corrected chi connectivity index (χ2v) is 7.72. The van der Waals surface area contributed by atoms with Crippen molar-refractivity contribution >= 4 is 29.3 Å². The molecular formula is C24H18ClN2O3+. The van der Waals surface area contributed by atoms with Crippen molar-refractivity contribution in [3.63, 3.8) is 0 Å². The zero-order valence-corrected chi connectivity index (χ0v) is 16.8. The predicted octanol–water partition coefficient (Wildman–Crippen LogP) is 4.27. The lowest BCUT2D eigenvalue weighted by molar-refractivity contribution is -0.457. The van der Waals surface area contributed by atoms with E-state index in [1.807, 2.05) is 66.7 Å². The summed E-state index contributed by atoms with van der Waals surface area (Å²) in [6.07, 6.45) is -0.837. The van der Waals surface area contributed by atoms with E-state index in [9.17, 15) is 9.59 Å². The summed E-state index contributed by atoms with van der Waals surface area (Å²) in [4.78, 5) is 28.0. The minimum Gasteiger partial charge on any atom is -0.469 e. The molecule has 5 rings (SSSR count). The van der Waals surface area contributed by atoms with Crippen molar-refractivity contribution < 1.29 is 18.9 Å². The third-order valence-corrected chi connectivity index (χ3v) is 5.59. The van der Waals surface area contributed by atoms with E-state index in [0.29, 0.717) is 23.0 Å². The summed E-state index contributed by atoms with van der Waals surface area (Å²) in [6.45, 7) is 0.511. The maximum atomic E-state index is 13.5. The number of halogens is 1.